The molecule has 0 aliphatic rings. The summed E-state index contributed by atoms with van der Waals surface area (Å²) in [5.41, 5.74) is 5.25. The number of nitrogens with one attached hydrogen (secondary N) is 2. The molecule has 0 aliphatic heterocycles. The fraction of sp³-hybridized carbons (Fsp3) is 0.500. The zero-order valence-electron chi connectivity index (χ0n) is 12.9. The lowest BCUT2D eigenvalue weighted by Crippen LogP contribution is -2.41. The van der Waals surface area contributed by atoms with E-state index in [1.165, 1.54) is 0 Å². The predicted octanol–water partition coefficient (Wildman–Crippen LogP) is 2.82. The SMILES string of the molecule is CCCCCC(=O)NNC(=O)c1ccccc1OC(C)C. The van der Waals surface area contributed by atoms with Crippen LogP contribution < -0.4 is 15.6 Å². The van der Waals surface area contributed by atoms with Crippen molar-refractivity contribution in [1.29, 1.82) is 0 Å². The third kappa shape index (κ3) is 6.29. The Hall–Kier alpha value is -2.04. The van der Waals surface area contributed by atoms with Gasteiger partial charge in [0.1, 0.15) is 5.75 Å². The van der Waals surface area contributed by atoms with Crippen molar-refractivity contribution < 1.29 is 14.3 Å². The summed E-state index contributed by atoms with van der Waals surface area (Å²) in [6.07, 6.45) is 3.28. The normalized spacial score (nSPS) is 10.3. The second kappa shape index (κ2) is 9.00. The summed E-state index contributed by atoms with van der Waals surface area (Å²) in [5, 5.41) is 0. The zero-order chi connectivity index (χ0) is 15.7. The molecule has 0 saturated carbocycles. The van der Waals surface area contributed by atoms with Crippen LogP contribution in [0.25, 0.3) is 0 Å². The van der Waals surface area contributed by atoms with Crippen molar-refractivity contribution in [2.24, 2.45) is 0 Å². The molecule has 1 rings (SSSR count). The van der Waals surface area contributed by atoms with Crippen LogP contribution in [0.2, 0.25) is 0 Å². The number of hydrazine groups is 1. The maximum Gasteiger partial charge on any atom is 0.273 e. The summed E-state index contributed by atoms with van der Waals surface area (Å²) < 4.78 is 5.58. The van der Waals surface area contributed by atoms with Gasteiger partial charge in [-0.25, -0.2) is 0 Å². The lowest BCUT2D eigenvalue weighted by atomic mass is 10.2. The van der Waals surface area contributed by atoms with Gasteiger partial charge in [-0.05, 0) is 32.4 Å². The minimum atomic E-state index is -0.380. The number of benzene rings is 1. The van der Waals surface area contributed by atoms with E-state index in [1.54, 1.807) is 24.3 Å². The van der Waals surface area contributed by atoms with Crippen LogP contribution in [0.1, 0.15) is 56.8 Å². The van der Waals surface area contributed by atoms with Crippen molar-refractivity contribution >= 4 is 11.8 Å². The van der Waals surface area contributed by atoms with Gasteiger partial charge in [0, 0.05) is 6.42 Å². The molecule has 0 spiro atoms. The van der Waals surface area contributed by atoms with Crippen molar-refractivity contribution in [1.82, 2.24) is 10.9 Å². The molecule has 2 N–H and O–H groups in total. The lowest BCUT2D eigenvalue weighted by Gasteiger charge is -2.14. The van der Waals surface area contributed by atoms with E-state index in [9.17, 15) is 9.59 Å². The van der Waals surface area contributed by atoms with Gasteiger partial charge in [-0.1, -0.05) is 31.9 Å². The van der Waals surface area contributed by atoms with E-state index in [-0.39, 0.29) is 17.9 Å². The number of para-hydroxylation sites is 1. The summed E-state index contributed by atoms with van der Waals surface area (Å²) in [7, 11) is 0. The Morgan fingerprint density at radius 3 is 2.52 bits per heavy atom. The van der Waals surface area contributed by atoms with Gasteiger partial charge < -0.3 is 4.74 Å². The zero-order valence-corrected chi connectivity index (χ0v) is 12.9. The summed E-state index contributed by atoms with van der Waals surface area (Å²) in [6.45, 7) is 5.86. The topological polar surface area (TPSA) is 67.4 Å². The van der Waals surface area contributed by atoms with Crippen molar-refractivity contribution in [2.75, 3.05) is 0 Å². The van der Waals surface area contributed by atoms with E-state index in [1.807, 2.05) is 13.8 Å². The van der Waals surface area contributed by atoms with Crippen molar-refractivity contribution in [3.8, 4) is 5.75 Å². The van der Waals surface area contributed by atoms with Crippen LogP contribution in [-0.4, -0.2) is 17.9 Å². The molecule has 0 aliphatic carbocycles. The van der Waals surface area contributed by atoms with Gasteiger partial charge in [0.25, 0.3) is 5.91 Å². The summed E-state index contributed by atoms with van der Waals surface area (Å²) in [6, 6.07) is 6.96. The van der Waals surface area contributed by atoms with Crippen LogP contribution in [0.5, 0.6) is 5.75 Å². The molecule has 0 atom stereocenters. The van der Waals surface area contributed by atoms with Crippen molar-refractivity contribution in [3.63, 3.8) is 0 Å². The molecule has 0 heterocycles. The monoisotopic (exact) mass is 292 g/mol. The average Bonchev–Trinajstić information content (AvgIpc) is 2.45. The number of amides is 2. The van der Waals surface area contributed by atoms with Gasteiger partial charge in [0.15, 0.2) is 0 Å². The van der Waals surface area contributed by atoms with Crippen LogP contribution in [-0.2, 0) is 4.79 Å². The largest absolute Gasteiger partial charge is 0.490 e. The Balaban J connectivity index is 2.54. The highest BCUT2D eigenvalue weighted by molar-refractivity contribution is 5.97. The molecule has 0 radical (unpaired) electrons. The maximum absolute atomic E-state index is 12.1. The number of unbranched alkanes of at least 4 members (excludes halogenated alkanes) is 2. The molecule has 5 nitrogen and oxygen atoms in total. The second-order valence-corrected chi connectivity index (χ2v) is 5.12. The highest BCUT2D eigenvalue weighted by Gasteiger charge is 2.13. The van der Waals surface area contributed by atoms with E-state index < -0.39 is 0 Å². The first-order chi connectivity index (χ1) is 10.0. The van der Waals surface area contributed by atoms with Gasteiger partial charge in [-0.3, -0.25) is 20.4 Å². The molecule has 21 heavy (non-hydrogen) atoms. The highest BCUT2D eigenvalue weighted by Crippen LogP contribution is 2.18. The Bertz CT molecular complexity index is 472. The minimum absolute atomic E-state index is 0.0254. The Morgan fingerprint density at radius 1 is 1.14 bits per heavy atom. The molecule has 0 fully saturated rings. The van der Waals surface area contributed by atoms with Crippen LogP contribution in [0.15, 0.2) is 24.3 Å². The smallest absolute Gasteiger partial charge is 0.273 e. The van der Waals surface area contributed by atoms with E-state index in [2.05, 4.69) is 17.8 Å². The maximum atomic E-state index is 12.1. The molecular weight excluding hydrogens is 268 g/mol. The first kappa shape index (κ1) is 17.0. The lowest BCUT2D eigenvalue weighted by molar-refractivity contribution is -0.121. The first-order valence-corrected chi connectivity index (χ1v) is 7.39. The molecule has 0 saturated heterocycles. The molecule has 116 valence electrons. The Labute approximate surface area is 126 Å². The second-order valence-electron chi connectivity index (χ2n) is 5.12. The molecule has 5 heteroatoms. The van der Waals surface area contributed by atoms with Gasteiger partial charge in [-0.15, -0.1) is 0 Å². The standard InChI is InChI=1S/C16H24N2O3/c1-4-5-6-11-15(19)17-18-16(20)13-9-7-8-10-14(13)21-12(2)3/h7-10,12H,4-6,11H2,1-3H3,(H,17,19)(H,18,20). The van der Waals surface area contributed by atoms with E-state index in [0.717, 1.165) is 19.3 Å². The number of hydrogen-bond acceptors (Lipinski definition) is 3. The summed E-state index contributed by atoms with van der Waals surface area (Å²) >= 11 is 0. The van der Waals surface area contributed by atoms with E-state index >= 15 is 0 Å². The van der Waals surface area contributed by atoms with E-state index in [0.29, 0.717) is 17.7 Å². The number of hydrogen-bond donors (Lipinski definition) is 2. The van der Waals surface area contributed by atoms with Gasteiger partial charge >= 0.3 is 0 Å². The fourth-order valence-corrected chi connectivity index (χ4v) is 1.80. The third-order valence-electron chi connectivity index (χ3n) is 2.82. The quantitative estimate of drug-likeness (QED) is 0.600. The third-order valence-corrected chi connectivity index (χ3v) is 2.82. The van der Waals surface area contributed by atoms with Crippen LogP contribution in [0.3, 0.4) is 0 Å². The van der Waals surface area contributed by atoms with Crippen LogP contribution >= 0.6 is 0 Å². The number of rotatable bonds is 7. The Kier molecular flexibility index (Phi) is 7.29. The minimum Gasteiger partial charge on any atom is -0.490 e. The van der Waals surface area contributed by atoms with Crippen LogP contribution in [0.4, 0.5) is 0 Å². The summed E-state index contributed by atoms with van der Waals surface area (Å²) in [5.74, 6) is -0.0561. The first-order valence-electron chi connectivity index (χ1n) is 7.39. The number of carbonyl (C=O) groups is 2. The van der Waals surface area contributed by atoms with E-state index in [4.69, 9.17) is 4.74 Å². The van der Waals surface area contributed by atoms with Gasteiger partial charge in [0.05, 0.1) is 11.7 Å². The molecule has 2 amide bonds. The predicted molar refractivity (Wildman–Crippen MR) is 82.0 cm³/mol. The summed E-state index contributed by atoms with van der Waals surface area (Å²) in [4.78, 5) is 23.6. The average molecular weight is 292 g/mol. The molecule has 1 aromatic carbocycles. The molecule has 0 unspecified atom stereocenters. The van der Waals surface area contributed by atoms with Crippen molar-refractivity contribution in [3.05, 3.63) is 29.8 Å². The van der Waals surface area contributed by atoms with Gasteiger partial charge in [-0.2, -0.15) is 0 Å². The number of ether oxygens (including phenoxy) is 1. The van der Waals surface area contributed by atoms with Crippen molar-refractivity contribution in [2.45, 2.75) is 52.6 Å². The molecule has 0 bridgehead atoms. The number of carbonyl (C=O) groups excluding carboxylic acids is 2. The molecule has 0 aromatic heterocycles. The van der Waals surface area contributed by atoms with Crippen LogP contribution in [0, 0.1) is 0 Å². The Morgan fingerprint density at radius 2 is 1.86 bits per heavy atom. The highest BCUT2D eigenvalue weighted by atomic mass is 16.5. The van der Waals surface area contributed by atoms with Gasteiger partial charge in [0.2, 0.25) is 5.91 Å². The molecular formula is C16H24N2O3. The fourth-order valence-electron chi connectivity index (χ4n) is 1.80. The molecule has 1 aromatic rings.